The number of ether oxygens (including phenoxy) is 2. The lowest BCUT2D eigenvalue weighted by Gasteiger charge is -2.37. The van der Waals surface area contributed by atoms with Crippen molar-refractivity contribution in [2.75, 3.05) is 20.8 Å². The molecular weight excluding hydrogens is 737 g/mol. The van der Waals surface area contributed by atoms with E-state index in [1.807, 2.05) is 17.3 Å². The quantitative estimate of drug-likeness (QED) is 0.142. The number of piperidine rings is 1. The summed E-state index contributed by atoms with van der Waals surface area (Å²) in [6, 6.07) is 16.4. The van der Waals surface area contributed by atoms with Crippen molar-refractivity contribution in [1.29, 1.82) is 0 Å². The number of aromatic amines is 2. The van der Waals surface area contributed by atoms with Crippen LogP contribution in [-0.2, 0) is 19.1 Å². The highest BCUT2D eigenvalue weighted by atomic mass is 16.5. The van der Waals surface area contributed by atoms with Crippen LogP contribution >= 0.6 is 0 Å². The van der Waals surface area contributed by atoms with Gasteiger partial charge in [0.2, 0.25) is 11.8 Å². The van der Waals surface area contributed by atoms with Crippen LogP contribution in [0.5, 0.6) is 0 Å². The lowest BCUT2D eigenvalue weighted by Crippen LogP contribution is -2.49. The fourth-order valence-electron chi connectivity index (χ4n) is 10.6. The normalized spacial score (nSPS) is 27.6. The van der Waals surface area contributed by atoms with Crippen LogP contribution in [0, 0.1) is 17.8 Å². The van der Waals surface area contributed by atoms with E-state index in [2.05, 4.69) is 74.0 Å². The van der Waals surface area contributed by atoms with Crippen molar-refractivity contribution in [3.05, 3.63) is 72.6 Å². The lowest BCUT2D eigenvalue weighted by molar-refractivity contribution is -0.141. The largest absolute Gasteiger partial charge is 0.453 e. The first-order valence-electron chi connectivity index (χ1n) is 20.9. The third kappa shape index (κ3) is 7.10. The zero-order valence-electron chi connectivity index (χ0n) is 33.1. The number of alkyl carbamates (subject to hydrolysis) is 2. The molecule has 2 aromatic carbocycles. The molecule has 2 saturated heterocycles. The number of aromatic nitrogens is 4. The second kappa shape index (κ2) is 15.9. The first-order valence-corrected chi connectivity index (χ1v) is 20.9. The number of nitrogens with one attached hydrogen (secondary N) is 4. The number of methoxy groups -OCH3 is 2. The molecule has 58 heavy (non-hydrogen) atoms. The Morgan fingerprint density at radius 2 is 1.17 bits per heavy atom. The third-order valence-corrected chi connectivity index (χ3v) is 13.5. The van der Waals surface area contributed by atoms with Gasteiger partial charge in [0.25, 0.3) is 0 Å². The Kier molecular flexibility index (Phi) is 10.4. The number of likely N-dealkylation sites (tertiary alicyclic amines) is 2. The summed E-state index contributed by atoms with van der Waals surface area (Å²) >= 11 is 0. The number of fused-ring (bicyclic) bond motifs is 2. The number of imidazole rings is 2. The highest BCUT2D eigenvalue weighted by Gasteiger charge is 2.52. The van der Waals surface area contributed by atoms with E-state index >= 15 is 0 Å². The van der Waals surface area contributed by atoms with Crippen molar-refractivity contribution >= 4 is 24.0 Å². The molecule has 2 bridgehead atoms. The number of amides is 4. The first kappa shape index (κ1) is 37.9. The van der Waals surface area contributed by atoms with Crippen LogP contribution in [0.25, 0.3) is 33.6 Å². The average Bonchev–Trinajstić information content (AvgIpc) is 4.11. The summed E-state index contributed by atoms with van der Waals surface area (Å²) in [6.07, 6.45) is 12.4. The van der Waals surface area contributed by atoms with Crippen LogP contribution in [-0.4, -0.2) is 92.6 Å². The van der Waals surface area contributed by atoms with Crippen LogP contribution in [0.2, 0.25) is 0 Å². The Morgan fingerprint density at radius 1 is 0.638 bits per heavy atom. The van der Waals surface area contributed by atoms with Crippen LogP contribution in [0.15, 0.2) is 60.9 Å². The van der Waals surface area contributed by atoms with Crippen molar-refractivity contribution in [3.8, 4) is 33.6 Å². The maximum absolute atomic E-state index is 14.1. The molecule has 0 spiro atoms. The maximum Gasteiger partial charge on any atom is 0.407 e. The van der Waals surface area contributed by atoms with Crippen LogP contribution in [0.3, 0.4) is 0 Å². The smallest absolute Gasteiger partial charge is 0.407 e. The van der Waals surface area contributed by atoms with E-state index in [0.717, 1.165) is 116 Å². The molecule has 4 amide bonds. The number of carbonyl (C=O) groups excluding carboxylic acids is 4. The Morgan fingerprint density at radius 3 is 1.76 bits per heavy atom. The number of hydrogen-bond donors (Lipinski definition) is 4. The van der Waals surface area contributed by atoms with Crippen molar-refractivity contribution < 1.29 is 28.7 Å². The molecule has 8 atom stereocenters. The minimum Gasteiger partial charge on any atom is -0.453 e. The molecule has 0 unspecified atom stereocenters. The van der Waals surface area contributed by atoms with Gasteiger partial charge in [-0.25, -0.2) is 19.6 Å². The Hall–Kier alpha value is -5.66. The molecule has 14 heteroatoms. The topological polar surface area (TPSA) is 175 Å². The Balaban J connectivity index is 0.851. The van der Waals surface area contributed by atoms with Gasteiger partial charge in [-0.2, -0.15) is 0 Å². The molecule has 9 rings (SSSR count). The molecular formula is C44H52N8O6. The van der Waals surface area contributed by atoms with E-state index in [-0.39, 0.29) is 53.9 Å². The number of H-pyrrole nitrogens is 2. The van der Waals surface area contributed by atoms with E-state index in [1.165, 1.54) is 14.2 Å². The lowest BCUT2D eigenvalue weighted by atomic mass is 9.95. The minimum absolute atomic E-state index is 0.0757. The molecule has 304 valence electrons. The second-order valence-corrected chi connectivity index (χ2v) is 16.7. The highest BCUT2D eigenvalue weighted by molar-refractivity contribution is 5.83. The molecule has 2 aliphatic heterocycles. The third-order valence-electron chi connectivity index (χ3n) is 13.5. The van der Waals surface area contributed by atoms with Crippen molar-refractivity contribution in [3.63, 3.8) is 0 Å². The summed E-state index contributed by atoms with van der Waals surface area (Å²) in [5.74, 6) is 1.68. The van der Waals surface area contributed by atoms with E-state index in [9.17, 15) is 19.2 Å². The monoisotopic (exact) mass is 788 g/mol. The van der Waals surface area contributed by atoms with Crippen molar-refractivity contribution in [1.82, 2.24) is 40.4 Å². The first-order chi connectivity index (χ1) is 28.3. The van der Waals surface area contributed by atoms with Gasteiger partial charge in [0.15, 0.2) is 0 Å². The minimum atomic E-state index is -0.495. The zero-order chi connectivity index (χ0) is 39.9. The molecule has 5 fully saturated rings. The summed E-state index contributed by atoms with van der Waals surface area (Å²) in [5, 5.41) is 5.77. The maximum atomic E-state index is 14.1. The summed E-state index contributed by atoms with van der Waals surface area (Å²) in [7, 11) is 2.70. The van der Waals surface area contributed by atoms with Gasteiger partial charge in [-0.05, 0) is 86.0 Å². The fourth-order valence-corrected chi connectivity index (χ4v) is 10.6. The Labute approximate surface area is 337 Å². The summed E-state index contributed by atoms with van der Waals surface area (Å²) in [6.45, 7) is 0.677. The van der Waals surface area contributed by atoms with Gasteiger partial charge in [-0.15, -0.1) is 0 Å². The van der Waals surface area contributed by atoms with Crippen LogP contribution in [0.1, 0.15) is 94.4 Å². The van der Waals surface area contributed by atoms with E-state index < -0.39 is 12.2 Å². The molecule has 2 aromatic heterocycles. The number of rotatable bonds is 9. The van der Waals surface area contributed by atoms with E-state index in [0.29, 0.717) is 12.5 Å². The van der Waals surface area contributed by atoms with Gasteiger partial charge in [-0.1, -0.05) is 61.4 Å². The number of hydrogen-bond acceptors (Lipinski definition) is 8. The highest BCUT2D eigenvalue weighted by Crippen LogP contribution is 2.51. The number of carbonyl (C=O) groups is 4. The zero-order valence-corrected chi connectivity index (χ0v) is 33.1. The number of benzene rings is 2. The predicted molar refractivity (Wildman–Crippen MR) is 215 cm³/mol. The molecule has 5 aliphatic rings. The van der Waals surface area contributed by atoms with Gasteiger partial charge >= 0.3 is 12.2 Å². The average molecular weight is 789 g/mol. The molecule has 3 aliphatic carbocycles. The molecule has 4 aromatic rings. The Bertz CT molecular complexity index is 2150. The van der Waals surface area contributed by atoms with Crippen molar-refractivity contribution in [2.45, 2.75) is 101 Å². The molecule has 14 nitrogen and oxygen atoms in total. The molecule has 4 heterocycles. The van der Waals surface area contributed by atoms with E-state index in [4.69, 9.17) is 19.4 Å². The number of nitrogens with zero attached hydrogens (tertiary/aromatic N) is 4. The van der Waals surface area contributed by atoms with Gasteiger partial charge in [0.1, 0.15) is 11.6 Å². The fraction of sp³-hybridized carbons (Fsp3) is 0.500. The van der Waals surface area contributed by atoms with E-state index in [1.54, 1.807) is 0 Å². The summed E-state index contributed by atoms with van der Waals surface area (Å²) in [5.41, 5.74) is 6.01. The van der Waals surface area contributed by atoms with Gasteiger partial charge in [0.05, 0.1) is 61.9 Å². The molecule has 3 saturated carbocycles. The van der Waals surface area contributed by atoms with Gasteiger partial charge < -0.3 is 39.9 Å². The SMILES string of the molecule is COC(=O)N[C@H]1CCC[C@@H]1C(=O)N1[C@H]2CC[C@@H](C2)[C@@H]1c1ncc(-c2ccc(-c3ccc(-c4cnc([C@@H]5CCCN5C(=O)[C@@H]5CCC[C@H]5NC(=O)OC)[nH]4)cc3)cc2)[nH]1. The van der Waals surface area contributed by atoms with Crippen LogP contribution < -0.4 is 10.6 Å². The summed E-state index contributed by atoms with van der Waals surface area (Å²) in [4.78, 5) is 72.4. The van der Waals surface area contributed by atoms with Gasteiger partial charge in [-0.3, -0.25) is 9.59 Å². The predicted octanol–water partition coefficient (Wildman–Crippen LogP) is 6.90. The van der Waals surface area contributed by atoms with Crippen LogP contribution in [0.4, 0.5) is 9.59 Å². The standard InChI is InChI=1S/C44H52N8O6/c1-57-43(55)49-33-8-3-6-31(33)41(53)51-21-5-10-37(51)39-45-23-35(47-39)27-15-11-25(12-16-27)26-13-17-28(18-14-26)36-24-46-40(48-36)38-29-19-20-30(22-29)52(38)42(54)32-7-4-9-34(32)50-44(56)58-2/h11-18,23-24,29-34,37-38H,3-10,19-22H2,1-2H3,(H,45,47)(H,46,48)(H,49,55)(H,50,56)/t29-,30-,31+,32-,33+,34-,37-,38+/m0/s1. The second-order valence-electron chi connectivity index (χ2n) is 16.7. The van der Waals surface area contributed by atoms with Gasteiger partial charge in [0, 0.05) is 24.7 Å². The molecule has 0 radical (unpaired) electrons. The summed E-state index contributed by atoms with van der Waals surface area (Å²) < 4.78 is 9.63. The molecule has 4 N–H and O–H groups in total. The van der Waals surface area contributed by atoms with Crippen molar-refractivity contribution in [2.24, 2.45) is 17.8 Å².